The number of fused-ring (bicyclic) bond motifs is 1. The number of hydrogen-bond acceptors (Lipinski definition) is 3. The molecule has 2 aromatic heterocycles. The van der Waals surface area contributed by atoms with Crippen LogP contribution < -0.4 is 0 Å². The van der Waals surface area contributed by atoms with Gasteiger partial charge in [-0.15, -0.1) is 0 Å². The molecule has 0 atom stereocenters. The third kappa shape index (κ3) is 1.60. The lowest BCUT2D eigenvalue weighted by Crippen LogP contribution is -1.93. The zero-order valence-electron chi connectivity index (χ0n) is 9.63. The first-order valence-corrected chi connectivity index (χ1v) is 5.45. The SMILES string of the molecule is Cc1cc(O)n2ncc(-c3ccc(F)cc3)c2n1. The van der Waals surface area contributed by atoms with Crippen LogP contribution in [0.5, 0.6) is 5.88 Å². The van der Waals surface area contributed by atoms with Gasteiger partial charge in [0.2, 0.25) is 5.88 Å². The molecule has 0 bridgehead atoms. The van der Waals surface area contributed by atoms with E-state index >= 15 is 0 Å². The number of halogens is 1. The molecule has 5 heteroatoms. The zero-order chi connectivity index (χ0) is 12.7. The molecule has 0 radical (unpaired) electrons. The molecule has 0 saturated heterocycles. The lowest BCUT2D eigenvalue weighted by molar-refractivity contribution is 0.434. The van der Waals surface area contributed by atoms with Crippen molar-refractivity contribution in [3.05, 3.63) is 48.0 Å². The minimum Gasteiger partial charge on any atom is -0.493 e. The quantitative estimate of drug-likeness (QED) is 0.714. The summed E-state index contributed by atoms with van der Waals surface area (Å²) in [5.41, 5.74) is 2.82. The van der Waals surface area contributed by atoms with E-state index < -0.39 is 0 Å². The monoisotopic (exact) mass is 243 g/mol. The van der Waals surface area contributed by atoms with Crippen molar-refractivity contribution in [1.82, 2.24) is 14.6 Å². The molecule has 1 aromatic carbocycles. The van der Waals surface area contributed by atoms with Gasteiger partial charge in [0.05, 0.1) is 6.20 Å². The topological polar surface area (TPSA) is 50.4 Å². The van der Waals surface area contributed by atoms with E-state index in [9.17, 15) is 9.50 Å². The number of aryl methyl sites for hydroxylation is 1. The molecule has 3 rings (SSSR count). The maximum atomic E-state index is 12.9. The van der Waals surface area contributed by atoms with Gasteiger partial charge in [0, 0.05) is 17.3 Å². The second-order valence-electron chi connectivity index (χ2n) is 4.06. The highest BCUT2D eigenvalue weighted by molar-refractivity contribution is 5.77. The van der Waals surface area contributed by atoms with E-state index in [4.69, 9.17) is 0 Å². The van der Waals surface area contributed by atoms with Crippen LogP contribution in [0.15, 0.2) is 36.5 Å². The van der Waals surface area contributed by atoms with Gasteiger partial charge in [-0.1, -0.05) is 12.1 Å². The van der Waals surface area contributed by atoms with Gasteiger partial charge >= 0.3 is 0 Å². The predicted octanol–water partition coefficient (Wildman–Crippen LogP) is 2.55. The summed E-state index contributed by atoms with van der Waals surface area (Å²) in [4.78, 5) is 4.34. The molecule has 0 unspecified atom stereocenters. The molecule has 18 heavy (non-hydrogen) atoms. The number of rotatable bonds is 1. The standard InChI is InChI=1S/C13H10FN3O/c1-8-6-12(18)17-13(16-8)11(7-15-17)9-2-4-10(14)5-3-9/h2-7,18H,1H3. The second-order valence-corrected chi connectivity index (χ2v) is 4.06. The highest BCUT2D eigenvalue weighted by atomic mass is 19.1. The Morgan fingerprint density at radius 1 is 1.22 bits per heavy atom. The molecule has 0 fully saturated rings. The Morgan fingerprint density at radius 3 is 2.67 bits per heavy atom. The lowest BCUT2D eigenvalue weighted by Gasteiger charge is -2.01. The summed E-state index contributed by atoms with van der Waals surface area (Å²) in [6.07, 6.45) is 1.61. The average Bonchev–Trinajstić information content (AvgIpc) is 2.74. The van der Waals surface area contributed by atoms with Crippen molar-refractivity contribution in [2.45, 2.75) is 6.92 Å². The summed E-state index contributed by atoms with van der Waals surface area (Å²) >= 11 is 0. The van der Waals surface area contributed by atoms with E-state index in [1.54, 1.807) is 25.3 Å². The second kappa shape index (κ2) is 3.80. The molecule has 0 aliphatic rings. The molecule has 0 spiro atoms. The Bertz CT molecular complexity index is 719. The van der Waals surface area contributed by atoms with Crippen LogP contribution in [0.2, 0.25) is 0 Å². The third-order valence-corrected chi connectivity index (χ3v) is 2.74. The Kier molecular flexibility index (Phi) is 2.26. The van der Waals surface area contributed by atoms with Gasteiger partial charge < -0.3 is 5.11 Å². The number of aromatic hydroxyl groups is 1. The van der Waals surface area contributed by atoms with Crippen LogP contribution in [0, 0.1) is 12.7 Å². The van der Waals surface area contributed by atoms with E-state index in [0.717, 1.165) is 11.1 Å². The first-order valence-electron chi connectivity index (χ1n) is 5.45. The van der Waals surface area contributed by atoms with Crippen LogP contribution >= 0.6 is 0 Å². The first kappa shape index (κ1) is 10.7. The van der Waals surface area contributed by atoms with Crippen LogP contribution in [0.1, 0.15) is 5.69 Å². The van der Waals surface area contributed by atoms with Gasteiger partial charge in [0.15, 0.2) is 5.65 Å². The molecule has 0 saturated carbocycles. The van der Waals surface area contributed by atoms with Gasteiger partial charge in [-0.3, -0.25) is 0 Å². The summed E-state index contributed by atoms with van der Waals surface area (Å²) in [6.45, 7) is 1.79. The summed E-state index contributed by atoms with van der Waals surface area (Å²) in [5.74, 6) is -0.256. The van der Waals surface area contributed by atoms with E-state index in [1.165, 1.54) is 22.7 Å². The van der Waals surface area contributed by atoms with Crippen molar-refractivity contribution in [2.75, 3.05) is 0 Å². The fraction of sp³-hybridized carbons (Fsp3) is 0.0769. The van der Waals surface area contributed by atoms with Crippen molar-refractivity contribution in [3.8, 4) is 17.0 Å². The van der Waals surface area contributed by atoms with Crippen LogP contribution in [-0.2, 0) is 0 Å². The first-order chi connectivity index (χ1) is 8.65. The molecule has 1 N–H and O–H groups in total. The number of hydrogen-bond donors (Lipinski definition) is 1. The van der Waals surface area contributed by atoms with Gasteiger partial charge in [-0.2, -0.15) is 9.61 Å². The van der Waals surface area contributed by atoms with Crippen LogP contribution in [0.25, 0.3) is 16.8 Å². The van der Waals surface area contributed by atoms with Gasteiger partial charge in [-0.25, -0.2) is 9.37 Å². The zero-order valence-corrected chi connectivity index (χ0v) is 9.63. The molecule has 0 aliphatic heterocycles. The Labute approximate surface area is 102 Å². The highest BCUT2D eigenvalue weighted by Gasteiger charge is 2.11. The van der Waals surface area contributed by atoms with E-state index in [0.29, 0.717) is 11.3 Å². The summed E-state index contributed by atoms with van der Waals surface area (Å²) in [6, 6.07) is 7.62. The summed E-state index contributed by atoms with van der Waals surface area (Å²) in [5, 5.41) is 13.8. The van der Waals surface area contributed by atoms with Crippen LogP contribution in [-0.4, -0.2) is 19.7 Å². The molecular weight excluding hydrogens is 233 g/mol. The Morgan fingerprint density at radius 2 is 1.94 bits per heavy atom. The van der Waals surface area contributed by atoms with Crippen molar-refractivity contribution in [2.24, 2.45) is 0 Å². The molecule has 3 aromatic rings. The van der Waals surface area contributed by atoms with Crippen molar-refractivity contribution >= 4 is 5.65 Å². The molecule has 2 heterocycles. The van der Waals surface area contributed by atoms with Crippen LogP contribution in [0.3, 0.4) is 0 Å². The molecular formula is C13H10FN3O. The normalized spacial score (nSPS) is 11.0. The van der Waals surface area contributed by atoms with Crippen LogP contribution in [0.4, 0.5) is 4.39 Å². The number of benzene rings is 1. The van der Waals surface area contributed by atoms with E-state index in [1.807, 2.05) is 0 Å². The van der Waals surface area contributed by atoms with Gasteiger partial charge in [0.25, 0.3) is 0 Å². The van der Waals surface area contributed by atoms with E-state index in [-0.39, 0.29) is 11.7 Å². The van der Waals surface area contributed by atoms with Crippen molar-refractivity contribution in [1.29, 1.82) is 0 Å². The predicted molar refractivity (Wildman–Crippen MR) is 64.8 cm³/mol. The molecule has 0 aliphatic carbocycles. The summed E-state index contributed by atoms with van der Waals surface area (Å²) in [7, 11) is 0. The molecule has 0 amide bonds. The fourth-order valence-corrected chi connectivity index (χ4v) is 1.90. The lowest BCUT2D eigenvalue weighted by atomic mass is 10.1. The highest BCUT2D eigenvalue weighted by Crippen LogP contribution is 2.25. The average molecular weight is 243 g/mol. The number of aromatic nitrogens is 3. The van der Waals surface area contributed by atoms with Gasteiger partial charge in [0.1, 0.15) is 5.82 Å². The van der Waals surface area contributed by atoms with Crippen molar-refractivity contribution in [3.63, 3.8) is 0 Å². The largest absolute Gasteiger partial charge is 0.493 e. The van der Waals surface area contributed by atoms with E-state index in [2.05, 4.69) is 10.1 Å². The third-order valence-electron chi connectivity index (χ3n) is 2.74. The minimum absolute atomic E-state index is 0.0332. The fourth-order valence-electron chi connectivity index (χ4n) is 1.90. The van der Waals surface area contributed by atoms with Crippen molar-refractivity contribution < 1.29 is 9.50 Å². The Balaban J connectivity index is 2.27. The Hall–Kier alpha value is -2.43. The minimum atomic E-state index is -0.290. The molecule has 90 valence electrons. The molecule has 4 nitrogen and oxygen atoms in total. The smallest absolute Gasteiger partial charge is 0.215 e. The van der Waals surface area contributed by atoms with Gasteiger partial charge in [-0.05, 0) is 24.6 Å². The summed E-state index contributed by atoms with van der Waals surface area (Å²) < 4.78 is 14.2. The number of nitrogens with zero attached hydrogens (tertiary/aromatic N) is 3. The maximum absolute atomic E-state index is 12.9. The maximum Gasteiger partial charge on any atom is 0.215 e.